The van der Waals surface area contributed by atoms with Gasteiger partial charge >= 0.3 is 21.5 Å². The second kappa shape index (κ2) is 6.66. The lowest BCUT2D eigenvalue weighted by atomic mass is 10.3. The van der Waals surface area contributed by atoms with Crippen LogP contribution >= 0.6 is 0 Å². The van der Waals surface area contributed by atoms with Crippen LogP contribution in [0.25, 0.3) is 0 Å². The molecule has 6 nitrogen and oxygen atoms in total. The maximum absolute atomic E-state index is 12.2. The van der Waals surface area contributed by atoms with E-state index in [4.69, 9.17) is 0 Å². The molecule has 0 aromatic heterocycles. The molecule has 0 amide bonds. The van der Waals surface area contributed by atoms with Crippen molar-refractivity contribution >= 4 is 27.4 Å². The molecule has 0 aliphatic carbocycles. The number of hydrogen-bond acceptors (Lipinski definition) is 5. The minimum absolute atomic E-state index is 0.110. The van der Waals surface area contributed by atoms with Crippen molar-refractivity contribution in [1.29, 1.82) is 0 Å². The monoisotopic (exact) mass is 326 g/mol. The fourth-order valence-corrected chi connectivity index (χ4v) is 1.82. The molecule has 0 heterocycles. The second-order valence-corrected chi connectivity index (χ2v) is 5.46. The van der Waals surface area contributed by atoms with E-state index in [1.807, 2.05) is 0 Å². The van der Waals surface area contributed by atoms with Crippen LogP contribution in [0.4, 0.5) is 24.5 Å². The SMILES string of the molecule is CCOC(=O)CNc1ccc(NS(=O)(=O)C(F)(F)F)cc1. The molecule has 0 unspecified atom stereocenters. The topological polar surface area (TPSA) is 84.5 Å². The van der Waals surface area contributed by atoms with Gasteiger partial charge in [0.1, 0.15) is 6.54 Å². The summed E-state index contributed by atoms with van der Waals surface area (Å²) in [4.78, 5) is 11.1. The van der Waals surface area contributed by atoms with E-state index in [1.165, 1.54) is 16.9 Å². The van der Waals surface area contributed by atoms with E-state index in [0.717, 1.165) is 12.1 Å². The first kappa shape index (κ1) is 17.1. The Hall–Kier alpha value is -1.97. The summed E-state index contributed by atoms with van der Waals surface area (Å²) in [5.41, 5.74) is -5.19. The molecule has 0 atom stereocenters. The molecule has 21 heavy (non-hydrogen) atoms. The fraction of sp³-hybridized carbons (Fsp3) is 0.364. The van der Waals surface area contributed by atoms with Gasteiger partial charge in [-0.25, -0.2) is 0 Å². The summed E-state index contributed by atoms with van der Waals surface area (Å²) in [5, 5.41) is 2.68. The average Bonchev–Trinajstić information content (AvgIpc) is 2.36. The Morgan fingerprint density at radius 2 is 1.71 bits per heavy atom. The van der Waals surface area contributed by atoms with Crippen molar-refractivity contribution in [2.24, 2.45) is 0 Å². The van der Waals surface area contributed by atoms with Crippen LogP contribution in [0.2, 0.25) is 0 Å². The predicted molar refractivity (Wildman–Crippen MR) is 70.2 cm³/mol. The average molecular weight is 326 g/mol. The number of alkyl halides is 3. The Morgan fingerprint density at radius 3 is 2.19 bits per heavy atom. The smallest absolute Gasteiger partial charge is 0.465 e. The molecule has 118 valence electrons. The highest BCUT2D eigenvalue weighted by Crippen LogP contribution is 2.25. The molecule has 1 aromatic carbocycles. The number of carbonyl (C=O) groups excluding carboxylic acids is 1. The van der Waals surface area contributed by atoms with Crippen molar-refractivity contribution in [3.05, 3.63) is 24.3 Å². The van der Waals surface area contributed by atoms with Crippen molar-refractivity contribution in [2.75, 3.05) is 23.2 Å². The lowest BCUT2D eigenvalue weighted by molar-refractivity contribution is -0.140. The number of esters is 1. The number of anilines is 2. The van der Waals surface area contributed by atoms with E-state index in [2.05, 4.69) is 10.1 Å². The number of benzene rings is 1. The fourth-order valence-electron chi connectivity index (χ4n) is 1.26. The molecule has 0 radical (unpaired) electrons. The zero-order chi connectivity index (χ0) is 16.1. The highest BCUT2D eigenvalue weighted by molar-refractivity contribution is 7.93. The first-order valence-corrected chi connectivity index (χ1v) is 7.22. The molecule has 0 fully saturated rings. The number of ether oxygens (including phenoxy) is 1. The Labute approximate surface area is 119 Å². The summed E-state index contributed by atoms with van der Waals surface area (Å²) in [6.07, 6.45) is 0. The van der Waals surface area contributed by atoms with Gasteiger partial charge in [-0.15, -0.1) is 0 Å². The molecule has 0 aliphatic heterocycles. The number of hydrogen-bond donors (Lipinski definition) is 2. The molecule has 0 spiro atoms. The third-order valence-corrected chi connectivity index (χ3v) is 3.30. The largest absolute Gasteiger partial charge is 0.516 e. The van der Waals surface area contributed by atoms with Crippen molar-refractivity contribution in [1.82, 2.24) is 0 Å². The third kappa shape index (κ3) is 5.14. The van der Waals surface area contributed by atoms with E-state index in [-0.39, 0.29) is 18.8 Å². The predicted octanol–water partition coefficient (Wildman–Crippen LogP) is 1.92. The minimum atomic E-state index is -5.44. The maximum Gasteiger partial charge on any atom is 0.516 e. The Kier molecular flexibility index (Phi) is 5.41. The van der Waals surface area contributed by atoms with Crippen LogP contribution in [0.1, 0.15) is 6.92 Å². The number of sulfonamides is 1. The zero-order valence-corrected chi connectivity index (χ0v) is 11.7. The normalized spacial score (nSPS) is 11.8. The van der Waals surface area contributed by atoms with Gasteiger partial charge in [0.25, 0.3) is 0 Å². The Balaban J connectivity index is 2.65. The van der Waals surface area contributed by atoms with Crippen LogP contribution in [0.5, 0.6) is 0 Å². The molecule has 0 saturated heterocycles. The van der Waals surface area contributed by atoms with Gasteiger partial charge in [-0.3, -0.25) is 9.52 Å². The summed E-state index contributed by atoms with van der Waals surface area (Å²) in [6.45, 7) is 1.78. The Bertz CT molecular complexity index is 584. The molecule has 1 rings (SSSR count). The van der Waals surface area contributed by atoms with Gasteiger partial charge < -0.3 is 10.1 Å². The standard InChI is InChI=1S/C11H13F3N2O4S/c1-2-20-10(17)7-15-8-3-5-9(6-4-8)16-21(18,19)11(12,13)14/h3-6,15-16H,2,7H2,1H3. The molecular formula is C11H13F3N2O4S. The van der Waals surface area contributed by atoms with Crippen molar-refractivity contribution in [3.63, 3.8) is 0 Å². The molecule has 2 N–H and O–H groups in total. The quantitative estimate of drug-likeness (QED) is 0.780. The summed E-state index contributed by atoms with van der Waals surface area (Å²) in [5.74, 6) is -0.487. The van der Waals surface area contributed by atoms with Crippen LogP contribution < -0.4 is 10.0 Å². The van der Waals surface area contributed by atoms with Crippen LogP contribution in [-0.2, 0) is 19.6 Å². The molecule has 0 aliphatic rings. The van der Waals surface area contributed by atoms with Gasteiger partial charge in [-0.05, 0) is 31.2 Å². The number of carbonyl (C=O) groups is 1. The van der Waals surface area contributed by atoms with E-state index in [9.17, 15) is 26.4 Å². The molecule has 10 heteroatoms. The highest BCUT2D eigenvalue weighted by Gasteiger charge is 2.45. The molecule has 1 aromatic rings. The molecule has 0 bridgehead atoms. The minimum Gasteiger partial charge on any atom is -0.465 e. The van der Waals surface area contributed by atoms with E-state index >= 15 is 0 Å². The summed E-state index contributed by atoms with van der Waals surface area (Å²) in [6, 6.07) is 4.93. The highest BCUT2D eigenvalue weighted by atomic mass is 32.2. The summed E-state index contributed by atoms with van der Waals surface area (Å²) < 4.78 is 64.3. The van der Waals surface area contributed by atoms with Gasteiger partial charge in [0.2, 0.25) is 0 Å². The number of rotatable bonds is 6. The third-order valence-electron chi connectivity index (χ3n) is 2.18. The van der Waals surface area contributed by atoms with Crippen molar-refractivity contribution < 1.29 is 31.1 Å². The van der Waals surface area contributed by atoms with Crippen LogP contribution in [0.3, 0.4) is 0 Å². The zero-order valence-electron chi connectivity index (χ0n) is 10.9. The lowest BCUT2D eigenvalue weighted by Crippen LogP contribution is -2.29. The van der Waals surface area contributed by atoms with E-state index < -0.39 is 21.5 Å². The first-order valence-electron chi connectivity index (χ1n) is 5.74. The second-order valence-electron chi connectivity index (χ2n) is 3.79. The maximum atomic E-state index is 12.2. The number of nitrogens with one attached hydrogen (secondary N) is 2. The summed E-state index contributed by atoms with van der Waals surface area (Å²) in [7, 11) is -5.44. The van der Waals surface area contributed by atoms with Gasteiger partial charge in [0.05, 0.1) is 6.61 Å². The van der Waals surface area contributed by atoms with Gasteiger partial charge in [0, 0.05) is 11.4 Å². The van der Waals surface area contributed by atoms with E-state index in [1.54, 1.807) is 6.92 Å². The van der Waals surface area contributed by atoms with E-state index in [0.29, 0.717) is 5.69 Å². The summed E-state index contributed by atoms with van der Waals surface area (Å²) >= 11 is 0. The van der Waals surface area contributed by atoms with Crippen LogP contribution in [0, 0.1) is 0 Å². The van der Waals surface area contributed by atoms with Gasteiger partial charge in [0.15, 0.2) is 0 Å². The van der Waals surface area contributed by atoms with Crippen molar-refractivity contribution in [2.45, 2.75) is 12.4 Å². The lowest BCUT2D eigenvalue weighted by Gasteiger charge is -2.11. The molecule has 0 saturated carbocycles. The van der Waals surface area contributed by atoms with Crippen LogP contribution in [0.15, 0.2) is 24.3 Å². The van der Waals surface area contributed by atoms with Gasteiger partial charge in [-0.2, -0.15) is 21.6 Å². The molecular weight excluding hydrogens is 313 g/mol. The number of halogens is 3. The first-order chi connectivity index (χ1) is 9.65. The van der Waals surface area contributed by atoms with Gasteiger partial charge in [-0.1, -0.05) is 0 Å². The Morgan fingerprint density at radius 1 is 1.19 bits per heavy atom. The van der Waals surface area contributed by atoms with Crippen molar-refractivity contribution in [3.8, 4) is 0 Å². The van der Waals surface area contributed by atoms with Crippen LogP contribution in [-0.4, -0.2) is 33.0 Å².